The van der Waals surface area contributed by atoms with Crippen molar-refractivity contribution in [1.29, 1.82) is 0 Å². The lowest BCUT2D eigenvalue weighted by atomic mass is 10.1. The fraction of sp³-hybridized carbons (Fsp3) is 0.381. The van der Waals surface area contributed by atoms with Crippen LogP contribution < -0.4 is 14.2 Å². The fourth-order valence-electron chi connectivity index (χ4n) is 3.41. The molecule has 2 aromatic carbocycles. The molecule has 3 rings (SSSR count). The first kappa shape index (κ1) is 22.2. The molecule has 1 fully saturated rings. The molecule has 1 aliphatic rings. The average Bonchev–Trinajstić information content (AvgIpc) is 2.70. The van der Waals surface area contributed by atoms with E-state index in [1.54, 1.807) is 30.2 Å². The highest BCUT2D eigenvalue weighted by molar-refractivity contribution is 7.92. The van der Waals surface area contributed by atoms with Gasteiger partial charge in [-0.1, -0.05) is 17.7 Å². The van der Waals surface area contributed by atoms with Crippen molar-refractivity contribution in [3.8, 4) is 17.2 Å². The van der Waals surface area contributed by atoms with Crippen LogP contribution in [0, 0.1) is 0 Å². The number of ether oxygens (including phenoxy) is 3. The number of nitrogens with zero attached hydrogens (tertiary/aromatic N) is 1. The third kappa shape index (κ3) is 4.34. The minimum atomic E-state index is -3.48. The Hall–Kier alpha value is -2.45. The number of rotatable bonds is 8. The first-order valence-electron chi connectivity index (χ1n) is 9.37. The van der Waals surface area contributed by atoms with Crippen LogP contribution in [0.15, 0.2) is 41.3 Å². The van der Waals surface area contributed by atoms with E-state index in [-0.39, 0.29) is 30.3 Å². The summed E-state index contributed by atoms with van der Waals surface area (Å²) in [5, 5.41) is -0.122. The van der Waals surface area contributed by atoms with E-state index in [1.807, 2.05) is 6.07 Å². The van der Waals surface area contributed by atoms with E-state index in [9.17, 15) is 13.2 Å². The van der Waals surface area contributed by atoms with Crippen LogP contribution in [0.4, 0.5) is 0 Å². The van der Waals surface area contributed by atoms with Gasteiger partial charge in [-0.3, -0.25) is 4.79 Å². The maximum Gasteiger partial charge on any atom is 0.222 e. The van der Waals surface area contributed by atoms with E-state index in [0.717, 1.165) is 5.56 Å². The van der Waals surface area contributed by atoms with Gasteiger partial charge in [0.1, 0.15) is 5.25 Å². The van der Waals surface area contributed by atoms with Crippen LogP contribution in [0.2, 0.25) is 5.02 Å². The van der Waals surface area contributed by atoms with E-state index in [4.69, 9.17) is 25.8 Å². The van der Waals surface area contributed by atoms with Gasteiger partial charge >= 0.3 is 0 Å². The van der Waals surface area contributed by atoms with Crippen LogP contribution in [0.25, 0.3) is 0 Å². The minimum absolute atomic E-state index is 0.102. The second-order valence-electron chi connectivity index (χ2n) is 6.91. The molecule has 30 heavy (non-hydrogen) atoms. The third-order valence-electron chi connectivity index (χ3n) is 5.18. The number of benzene rings is 2. The number of aryl methyl sites for hydroxylation is 1. The molecule has 7 nitrogen and oxygen atoms in total. The van der Waals surface area contributed by atoms with Gasteiger partial charge in [0.05, 0.1) is 26.2 Å². The molecule has 0 radical (unpaired) electrons. The van der Waals surface area contributed by atoms with Crippen LogP contribution >= 0.6 is 11.6 Å². The molecule has 2 aromatic rings. The van der Waals surface area contributed by atoms with Gasteiger partial charge in [-0.2, -0.15) is 0 Å². The summed E-state index contributed by atoms with van der Waals surface area (Å²) in [5.74, 6) is 1.44. The molecule has 0 unspecified atom stereocenters. The molecule has 0 saturated carbocycles. The third-order valence-corrected chi connectivity index (χ3v) is 7.53. The summed E-state index contributed by atoms with van der Waals surface area (Å²) in [6, 6.07) is 9.67. The summed E-state index contributed by atoms with van der Waals surface area (Å²) in [7, 11) is 1.11. The van der Waals surface area contributed by atoms with Crippen molar-refractivity contribution in [2.75, 3.05) is 34.4 Å². The summed E-state index contributed by atoms with van der Waals surface area (Å²) >= 11 is 5.83. The molecule has 0 N–H and O–H groups in total. The lowest BCUT2D eigenvalue weighted by Crippen LogP contribution is -2.56. The predicted molar refractivity (Wildman–Crippen MR) is 113 cm³/mol. The maximum absolute atomic E-state index is 12.7. The molecule has 0 atom stereocenters. The summed E-state index contributed by atoms with van der Waals surface area (Å²) in [6.45, 7) is 0.375. The number of carbonyl (C=O) groups excluding carboxylic acids is 1. The molecule has 1 aliphatic heterocycles. The molecule has 0 spiro atoms. The second-order valence-corrected chi connectivity index (χ2v) is 9.58. The van der Waals surface area contributed by atoms with E-state index < -0.39 is 15.1 Å². The van der Waals surface area contributed by atoms with Gasteiger partial charge in [0.25, 0.3) is 0 Å². The number of halogens is 1. The standard InChI is InChI=1S/C21H24ClNO6S/c1-27-18-10-4-14(20(28-2)21(18)29-3)5-11-19(24)23-12-17(13-23)30(25,26)16-8-6-15(22)7-9-16/h4,6-10,17H,5,11-13H2,1-3H3. The highest BCUT2D eigenvalue weighted by atomic mass is 35.5. The number of hydrogen-bond acceptors (Lipinski definition) is 6. The van der Waals surface area contributed by atoms with Crippen LogP contribution in [-0.4, -0.2) is 58.9 Å². The van der Waals surface area contributed by atoms with Gasteiger partial charge in [0.2, 0.25) is 11.7 Å². The smallest absolute Gasteiger partial charge is 0.222 e. The highest BCUT2D eigenvalue weighted by Crippen LogP contribution is 2.40. The van der Waals surface area contributed by atoms with Crippen molar-refractivity contribution in [3.63, 3.8) is 0 Å². The topological polar surface area (TPSA) is 82.1 Å². The molecule has 9 heteroatoms. The fourth-order valence-corrected chi connectivity index (χ4v) is 5.19. The lowest BCUT2D eigenvalue weighted by molar-refractivity contribution is -0.134. The summed E-state index contributed by atoms with van der Waals surface area (Å²) in [4.78, 5) is 14.3. The molecule has 1 heterocycles. The molecule has 0 aromatic heterocycles. The number of amides is 1. The zero-order chi connectivity index (χ0) is 21.9. The Morgan fingerprint density at radius 1 is 1.00 bits per heavy atom. The van der Waals surface area contributed by atoms with Gasteiger partial charge in [0.15, 0.2) is 21.3 Å². The quantitative estimate of drug-likeness (QED) is 0.611. The lowest BCUT2D eigenvalue weighted by Gasteiger charge is -2.38. The molecular weight excluding hydrogens is 430 g/mol. The van der Waals surface area contributed by atoms with Gasteiger partial charge in [0, 0.05) is 24.5 Å². The Morgan fingerprint density at radius 3 is 2.20 bits per heavy atom. The number of carbonyl (C=O) groups is 1. The van der Waals surface area contributed by atoms with Crippen molar-refractivity contribution in [3.05, 3.63) is 47.0 Å². The van der Waals surface area contributed by atoms with E-state index in [0.29, 0.717) is 28.7 Å². The normalized spacial score (nSPS) is 14.2. The SMILES string of the molecule is COc1ccc(CCC(=O)N2CC(S(=O)(=O)c3ccc(Cl)cc3)C2)c(OC)c1OC. The zero-order valence-electron chi connectivity index (χ0n) is 17.1. The van der Waals surface area contributed by atoms with Crippen molar-refractivity contribution in [1.82, 2.24) is 4.90 Å². The molecule has 162 valence electrons. The summed E-state index contributed by atoms with van der Waals surface area (Å²) < 4.78 is 41.4. The number of hydrogen-bond donors (Lipinski definition) is 0. The Kier molecular flexibility index (Phi) is 6.77. The molecule has 0 bridgehead atoms. The maximum atomic E-state index is 12.7. The molecule has 1 saturated heterocycles. The Bertz CT molecular complexity index is 1020. The van der Waals surface area contributed by atoms with Crippen LogP contribution in [0.3, 0.4) is 0 Å². The molecule has 1 amide bonds. The van der Waals surface area contributed by atoms with Crippen molar-refractivity contribution >= 4 is 27.3 Å². The van der Waals surface area contributed by atoms with Crippen LogP contribution in [-0.2, 0) is 21.1 Å². The Labute approximate surface area is 181 Å². The number of methoxy groups -OCH3 is 3. The predicted octanol–water partition coefficient (Wildman–Crippen LogP) is 2.98. The second kappa shape index (κ2) is 9.14. The van der Waals surface area contributed by atoms with Crippen molar-refractivity contribution < 1.29 is 27.4 Å². The average molecular weight is 454 g/mol. The molecule has 0 aliphatic carbocycles. The summed E-state index contributed by atoms with van der Waals surface area (Å²) in [6.07, 6.45) is 0.674. The monoisotopic (exact) mass is 453 g/mol. The highest BCUT2D eigenvalue weighted by Gasteiger charge is 2.40. The Morgan fingerprint density at radius 2 is 1.63 bits per heavy atom. The first-order valence-corrected chi connectivity index (χ1v) is 11.3. The first-order chi connectivity index (χ1) is 14.3. The van der Waals surface area contributed by atoms with Gasteiger partial charge in [-0.25, -0.2) is 8.42 Å². The van der Waals surface area contributed by atoms with Crippen LogP contribution in [0.1, 0.15) is 12.0 Å². The van der Waals surface area contributed by atoms with E-state index in [2.05, 4.69) is 0 Å². The van der Waals surface area contributed by atoms with Gasteiger partial charge in [-0.15, -0.1) is 0 Å². The molecular formula is C21H24ClNO6S. The van der Waals surface area contributed by atoms with Crippen LogP contribution in [0.5, 0.6) is 17.2 Å². The number of likely N-dealkylation sites (tertiary alicyclic amines) is 1. The van der Waals surface area contributed by atoms with Crippen molar-refractivity contribution in [2.45, 2.75) is 23.0 Å². The van der Waals surface area contributed by atoms with E-state index in [1.165, 1.54) is 26.4 Å². The largest absolute Gasteiger partial charge is 0.493 e. The zero-order valence-corrected chi connectivity index (χ0v) is 18.6. The van der Waals surface area contributed by atoms with E-state index >= 15 is 0 Å². The minimum Gasteiger partial charge on any atom is -0.493 e. The number of sulfone groups is 1. The van der Waals surface area contributed by atoms with Gasteiger partial charge in [-0.05, 0) is 42.3 Å². The van der Waals surface area contributed by atoms with Gasteiger partial charge < -0.3 is 19.1 Å². The Balaban J connectivity index is 1.61. The summed E-state index contributed by atoms with van der Waals surface area (Å²) in [5.41, 5.74) is 0.814. The van der Waals surface area contributed by atoms with Crippen molar-refractivity contribution in [2.24, 2.45) is 0 Å².